The average Bonchev–Trinajstić information content (AvgIpc) is 3.02. The number of ether oxygens (including phenoxy) is 2. The van der Waals surface area contributed by atoms with Crippen LogP contribution in [0.2, 0.25) is 0 Å². The van der Waals surface area contributed by atoms with Crippen LogP contribution in [-0.4, -0.2) is 40.3 Å². The van der Waals surface area contributed by atoms with Crippen molar-refractivity contribution in [2.45, 2.75) is 13.3 Å². The number of hydrogen-bond donors (Lipinski definition) is 1. The van der Waals surface area contributed by atoms with Crippen molar-refractivity contribution < 1.29 is 9.47 Å². The molecular formula is C16H19N5O2. The quantitative estimate of drug-likeness (QED) is 0.751. The number of benzene rings is 1. The highest BCUT2D eigenvalue weighted by Gasteiger charge is 2.07. The maximum Gasteiger partial charge on any atom is 0.254 e. The Morgan fingerprint density at radius 2 is 1.96 bits per heavy atom. The molecule has 2 heterocycles. The van der Waals surface area contributed by atoms with Gasteiger partial charge in [0.2, 0.25) is 0 Å². The van der Waals surface area contributed by atoms with Crippen molar-refractivity contribution in [3.63, 3.8) is 0 Å². The second kappa shape index (κ2) is 6.51. The zero-order chi connectivity index (χ0) is 16.2. The van der Waals surface area contributed by atoms with E-state index < -0.39 is 0 Å². The molecule has 23 heavy (non-hydrogen) atoms. The molecule has 7 nitrogen and oxygen atoms in total. The number of aromatic nitrogens is 4. The molecule has 0 saturated heterocycles. The molecule has 0 atom stereocenters. The lowest BCUT2D eigenvalue weighted by Crippen LogP contribution is -2.10. The van der Waals surface area contributed by atoms with Gasteiger partial charge in [-0.2, -0.15) is 14.6 Å². The summed E-state index contributed by atoms with van der Waals surface area (Å²) in [5.74, 6) is 2.95. The summed E-state index contributed by atoms with van der Waals surface area (Å²) in [5.41, 5.74) is 2.06. The SMILES string of the molecule is COc1ccc(CCNc2cc(C)nc3ncnn23)cc1OC. The molecular weight excluding hydrogens is 294 g/mol. The number of nitrogens with one attached hydrogen (secondary N) is 1. The van der Waals surface area contributed by atoms with Crippen molar-refractivity contribution in [1.29, 1.82) is 0 Å². The molecule has 0 saturated carbocycles. The molecule has 0 radical (unpaired) electrons. The largest absolute Gasteiger partial charge is 0.493 e. The lowest BCUT2D eigenvalue weighted by atomic mass is 10.1. The highest BCUT2D eigenvalue weighted by Crippen LogP contribution is 2.27. The van der Waals surface area contributed by atoms with Gasteiger partial charge in [0.05, 0.1) is 14.2 Å². The van der Waals surface area contributed by atoms with Gasteiger partial charge in [-0.3, -0.25) is 0 Å². The summed E-state index contributed by atoms with van der Waals surface area (Å²) in [4.78, 5) is 8.44. The molecule has 3 rings (SSSR count). The van der Waals surface area contributed by atoms with Crippen LogP contribution >= 0.6 is 0 Å². The third-order valence-corrected chi connectivity index (χ3v) is 3.55. The van der Waals surface area contributed by atoms with Crippen LogP contribution < -0.4 is 14.8 Å². The Hall–Kier alpha value is -2.83. The first kappa shape index (κ1) is 15.1. The molecule has 3 aromatic rings. The van der Waals surface area contributed by atoms with E-state index in [4.69, 9.17) is 9.47 Å². The van der Waals surface area contributed by atoms with E-state index >= 15 is 0 Å². The molecule has 0 spiro atoms. The molecule has 0 bridgehead atoms. The minimum atomic E-state index is 0.596. The van der Waals surface area contributed by atoms with Gasteiger partial charge < -0.3 is 14.8 Å². The van der Waals surface area contributed by atoms with Crippen LogP contribution in [0.3, 0.4) is 0 Å². The van der Waals surface area contributed by atoms with Crippen molar-refractivity contribution in [3.05, 3.63) is 41.9 Å². The molecule has 1 aromatic carbocycles. The van der Waals surface area contributed by atoms with Crippen molar-refractivity contribution in [1.82, 2.24) is 19.6 Å². The molecule has 0 amide bonds. The Kier molecular flexibility index (Phi) is 4.27. The fourth-order valence-electron chi connectivity index (χ4n) is 2.43. The number of nitrogens with zero attached hydrogens (tertiary/aromatic N) is 4. The number of aryl methyl sites for hydroxylation is 1. The predicted molar refractivity (Wildman–Crippen MR) is 87.3 cm³/mol. The summed E-state index contributed by atoms with van der Waals surface area (Å²) >= 11 is 0. The van der Waals surface area contributed by atoms with Gasteiger partial charge in [-0.15, -0.1) is 0 Å². The third kappa shape index (κ3) is 3.18. The number of hydrogen-bond acceptors (Lipinski definition) is 6. The Labute approximate surface area is 134 Å². The second-order valence-electron chi connectivity index (χ2n) is 5.12. The molecule has 1 N–H and O–H groups in total. The first-order valence-corrected chi connectivity index (χ1v) is 7.33. The smallest absolute Gasteiger partial charge is 0.254 e. The molecule has 120 valence electrons. The molecule has 7 heteroatoms. The van der Waals surface area contributed by atoms with E-state index in [0.29, 0.717) is 5.78 Å². The molecule has 0 aliphatic carbocycles. The van der Waals surface area contributed by atoms with E-state index in [-0.39, 0.29) is 0 Å². The van der Waals surface area contributed by atoms with Gasteiger partial charge >= 0.3 is 0 Å². The number of fused-ring (bicyclic) bond motifs is 1. The van der Waals surface area contributed by atoms with E-state index in [2.05, 4.69) is 20.4 Å². The summed E-state index contributed by atoms with van der Waals surface area (Å²) in [7, 11) is 3.27. The van der Waals surface area contributed by atoms with Crippen molar-refractivity contribution >= 4 is 11.6 Å². The Bertz CT molecular complexity index is 815. The van der Waals surface area contributed by atoms with Crippen LogP contribution in [0.1, 0.15) is 11.3 Å². The van der Waals surface area contributed by atoms with Crippen molar-refractivity contribution in [3.8, 4) is 11.5 Å². The fourth-order valence-corrected chi connectivity index (χ4v) is 2.43. The minimum absolute atomic E-state index is 0.596. The zero-order valence-corrected chi connectivity index (χ0v) is 13.4. The predicted octanol–water partition coefficient (Wildman–Crippen LogP) is 2.10. The van der Waals surface area contributed by atoms with Crippen LogP contribution in [0.15, 0.2) is 30.6 Å². The van der Waals surface area contributed by atoms with Crippen LogP contribution in [0.4, 0.5) is 5.82 Å². The topological polar surface area (TPSA) is 73.6 Å². The monoisotopic (exact) mass is 313 g/mol. The molecule has 2 aromatic heterocycles. The third-order valence-electron chi connectivity index (χ3n) is 3.55. The van der Waals surface area contributed by atoms with Crippen LogP contribution in [0.25, 0.3) is 5.78 Å². The van der Waals surface area contributed by atoms with E-state index in [0.717, 1.165) is 41.5 Å². The van der Waals surface area contributed by atoms with E-state index in [1.807, 2.05) is 31.2 Å². The Morgan fingerprint density at radius 3 is 2.74 bits per heavy atom. The van der Waals surface area contributed by atoms with Gasteiger partial charge in [0.25, 0.3) is 5.78 Å². The maximum atomic E-state index is 5.33. The van der Waals surface area contributed by atoms with Crippen LogP contribution in [0.5, 0.6) is 11.5 Å². The first-order chi connectivity index (χ1) is 11.2. The second-order valence-corrected chi connectivity index (χ2v) is 5.12. The molecule has 0 aliphatic rings. The number of anilines is 1. The number of rotatable bonds is 6. The molecule has 0 unspecified atom stereocenters. The van der Waals surface area contributed by atoms with Crippen molar-refractivity contribution in [2.24, 2.45) is 0 Å². The van der Waals surface area contributed by atoms with Gasteiger partial charge in [0.15, 0.2) is 11.5 Å². The zero-order valence-electron chi connectivity index (χ0n) is 13.4. The summed E-state index contributed by atoms with van der Waals surface area (Å²) < 4.78 is 12.3. The van der Waals surface area contributed by atoms with Crippen molar-refractivity contribution in [2.75, 3.05) is 26.1 Å². The summed E-state index contributed by atoms with van der Waals surface area (Å²) in [6.07, 6.45) is 2.35. The fraction of sp³-hybridized carbons (Fsp3) is 0.312. The lowest BCUT2D eigenvalue weighted by molar-refractivity contribution is 0.354. The van der Waals surface area contributed by atoms with Gasteiger partial charge in [-0.05, 0) is 31.0 Å². The van der Waals surface area contributed by atoms with Crippen LogP contribution in [0, 0.1) is 6.92 Å². The summed E-state index contributed by atoms with van der Waals surface area (Å²) in [6.45, 7) is 2.70. The van der Waals surface area contributed by atoms with Gasteiger partial charge in [0.1, 0.15) is 12.1 Å². The first-order valence-electron chi connectivity index (χ1n) is 7.33. The Morgan fingerprint density at radius 1 is 1.13 bits per heavy atom. The van der Waals surface area contributed by atoms with Crippen LogP contribution in [-0.2, 0) is 6.42 Å². The van der Waals surface area contributed by atoms with Gasteiger partial charge in [-0.25, -0.2) is 4.98 Å². The normalized spacial score (nSPS) is 10.7. The standard InChI is InChI=1S/C16H19N5O2/c1-11-8-15(21-16(20-11)18-10-19-21)17-7-6-12-4-5-13(22-2)14(9-12)23-3/h4-5,8-10,17H,6-7H2,1-3H3. The highest BCUT2D eigenvalue weighted by atomic mass is 16.5. The number of methoxy groups -OCH3 is 2. The minimum Gasteiger partial charge on any atom is -0.493 e. The average molecular weight is 313 g/mol. The molecule has 0 fully saturated rings. The van der Waals surface area contributed by atoms with Gasteiger partial charge in [-0.1, -0.05) is 6.07 Å². The molecule has 0 aliphatic heterocycles. The lowest BCUT2D eigenvalue weighted by Gasteiger charge is -2.11. The summed E-state index contributed by atoms with van der Waals surface area (Å²) in [5, 5.41) is 7.56. The van der Waals surface area contributed by atoms with Gasteiger partial charge in [0, 0.05) is 18.3 Å². The Balaban J connectivity index is 1.70. The van der Waals surface area contributed by atoms with E-state index in [9.17, 15) is 0 Å². The summed E-state index contributed by atoms with van der Waals surface area (Å²) in [6, 6.07) is 7.89. The maximum absolute atomic E-state index is 5.33. The highest BCUT2D eigenvalue weighted by molar-refractivity contribution is 5.46. The van der Waals surface area contributed by atoms with E-state index in [1.54, 1.807) is 18.7 Å². The van der Waals surface area contributed by atoms with E-state index in [1.165, 1.54) is 6.33 Å².